The molecule has 3 fully saturated rings. The van der Waals surface area contributed by atoms with Crippen molar-refractivity contribution < 1.29 is 18.0 Å². The molecule has 0 aromatic rings. The lowest BCUT2D eigenvalue weighted by atomic mass is 9.88. The Labute approximate surface area is 135 Å². The van der Waals surface area contributed by atoms with Gasteiger partial charge in [0.25, 0.3) is 0 Å². The van der Waals surface area contributed by atoms with Crippen LogP contribution in [0.5, 0.6) is 0 Å². The average molecular weight is 341 g/mol. The van der Waals surface area contributed by atoms with Crippen molar-refractivity contribution in [3.63, 3.8) is 0 Å². The molecule has 1 amide bonds. The normalized spacial score (nSPS) is 35.1. The number of fused-ring (bicyclic) bond motifs is 2. The van der Waals surface area contributed by atoms with Crippen LogP contribution in [0.3, 0.4) is 0 Å². The van der Waals surface area contributed by atoms with Crippen molar-refractivity contribution in [2.45, 2.75) is 63.2 Å². The van der Waals surface area contributed by atoms with E-state index in [4.69, 9.17) is 0 Å². The first-order valence-electron chi connectivity index (χ1n) is 8.02. The number of nitrogens with zero attached hydrogens (tertiary/aromatic N) is 1. The molecule has 3 aliphatic heterocycles. The fourth-order valence-electron chi connectivity index (χ4n) is 4.19. The summed E-state index contributed by atoms with van der Waals surface area (Å²) in [5, 5.41) is 3.53. The Kier molecular flexibility index (Phi) is 5.64. The third kappa shape index (κ3) is 4.07. The van der Waals surface area contributed by atoms with Gasteiger partial charge >= 0.3 is 6.18 Å². The van der Waals surface area contributed by atoms with Crippen LogP contribution in [-0.4, -0.2) is 42.2 Å². The second-order valence-corrected chi connectivity index (χ2v) is 6.90. The first kappa shape index (κ1) is 17.9. The van der Waals surface area contributed by atoms with Crippen molar-refractivity contribution in [3.8, 4) is 0 Å². The molecule has 0 aliphatic carbocycles. The molecule has 0 aromatic heterocycles. The molecule has 3 unspecified atom stereocenters. The molecule has 0 saturated carbocycles. The summed E-state index contributed by atoms with van der Waals surface area (Å²) in [7, 11) is 0. The van der Waals surface area contributed by atoms with E-state index in [0.717, 1.165) is 12.8 Å². The molecule has 3 atom stereocenters. The highest BCUT2D eigenvalue weighted by Gasteiger charge is 2.43. The molecule has 0 radical (unpaired) electrons. The predicted molar refractivity (Wildman–Crippen MR) is 79.9 cm³/mol. The van der Waals surface area contributed by atoms with Crippen LogP contribution in [0.25, 0.3) is 0 Å². The minimum Gasteiger partial charge on any atom is -0.342 e. The number of nitrogens with one attached hydrogen (secondary N) is 1. The third-order valence-electron chi connectivity index (χ3n) is 5.27. The lowest BCUT2D eigenvalue weighted by Crippen LogP contribution is -2.46. The smallest absolute Gasteiger partial charge is 0.342 e. The van der Waals surface area contributed by atoms with Crippen LogP contribution in [0.15, 0.2) is 0 Å². The van der Waals surface area contributed by atoms with Crippen LogP contribution in [-0.2, 0) is 4.79 Å². The number of hydrogen-bond donors (Lipinski definition) is 1. The van der Waals surface area contributed by atoms with Crippen molar-refractivity contribution in [1.29, 1.82) is 0 Å². The van der Waals surface area contributed by atoms with E-state index in [0.29, 0.717) is 37.4 Å². The summed E-state index contributed by atoms with van der Waals surface area (Å²) in [6.45, 7) is 0.351. The molecule has 0 spiro atoms. The third-order valence-corrected chi connectivity index (χ3v) is 5.27. The minimum atomic E-state index is -4.17. The van der Waals surface area contributed by atoms with Crippen LogP contribution in [0.4, 0.5) is 13.2 Å². The first-order valence-corrected chi connectivity index (χ1v) is 8.02. The summed E-state index contributed by atoms with van der Waals surface area (Å²) < 4.78 is 38.4. The van der Waals surface area contributed by atoms with Gasteiger partial charge in [-0.3, -0.25) is 4.79 Å². The van der Waals surface area contributed by atoms with Gasteiger partial charge in [0.15, 0.2) is 0 Å². The molecule has 3 aliphatic rings. The van der Waals surface area contributed by atoms with E-state index < -0.39 is 12.1 Å². The lowest BCUT2D eigenvalue weighted by Gasteiger charge is -2.35. The Bertz CT molecular complexity index is 393. The summed E-state index contributed by atoms with van der Waals surface area (Å²) in [6, 6.07) is 1.04. The van der Waals surface area contributed by atoms with E-state index in [-0.39, 0.29) is 31.3 Å². The van der Waals surface area contributed by atoms with Gasteiger partial charge in [-0.25, -0.2) is 0 Å². The van der Waals surface area contributed by atoms with Gasteiger partial charge in [0.05, 0.1) is 5.92 Å². The standard InChI is InChI=1S/C15H23F3N2O.ClH/c16-15(17,18)11-2-1-5-20(9-11)14(21)8-10-6-12-3-4-13(7-10)19-12;/h10-13,19H,1-9H2;1H. The zero-order chi connectivity index (χ0) is 15.0. The Hall–Kier alpha value is -0.490. The first-order chi connectivity index (χ1) is 9.91. The van der Waals surface area contributed by atoms with Gasteiger partial charge in [0.1, 0.15) is 0 Å². The predicted octanol–water partition coefficient (Wildman–Crippen LogP) is 3.13. The van der Waals surface area contributed by atoms with Crippen molar-refractivity contribution in [2.75, 3.05) is 13.1 Å². The number of likely N-dealkylation sites (tertiary alicyclic amines) is 1. The highest BCUT2D eigenvalue weighted by molar-refractivity contribution is 5.85. The number of rotatable bonds is 2. The topological polar surface area (TPSA) is 32.3 Å². The molecule has 1 N–H and O–H groups in total. The lowest BCUT2D eigenvalue weighted by molar-refractivity contribution is -0.188. The molecule has 3 heterocycles. The molecule has 22 heavy (non-hydrogen) atoms. The van der Waals surface area contributed by atoms with Gasteiger partial charge < -0.3 is 10.2 Å². The van der Waals surface area contributed by atoms with Gasteiger partial charge in [-0.2, -0.15) is 13.2 Å². The van der Waals surface area contributed by atoms with Crippen molar-refractivity contribution >= 4 is 18.3 Å². The molecule has 0 aromatic carbocycles. The summed E-state index contributed by atoms with van der Waals surface area (Å²) in [4.78, 5) is 13.8. The van der Waals surface area contributed by atoms with E-state index in [1.807, 2.05) is 0 Å². The van der Waals surface area contributed by atoms with Gasteiger partial charge in [0, 0.05) is 31.6 Å². The van der Waals surface area contributed by atoms with E-state index in [2.05, 4.69) is 5.32 Å². The summed E-state index contributed by atoms with van der Waals surface area (Å²) in [5.41, 5.74) is 0. The summed E-state index contributed by atoms with van der Waals surface area (Å²) in [5.74, 6) is -1.06. The molecule has 3 saturated heterocycles. The van der Waals surface area contributed by atoms with E-state index in [1.165, 1.54) is 17.7 Å². The van der Waals surface area contributed by atoms with E-state index >= 15 is 0 Å². The highest BCUT2D eigenvalue weighted by atomic mass is 35.5. The zero-order valence-electron chi connectivity index (χ0n) is 12.6. The highest BCUT2D eigenvalue weighted by Crippen LogP contribution is 2.35. The average Bonchev–Trinajstić information content (AvgIpc) is 2.77. The van der Waals surface area contributed by atoms with Crippen molar-refractivity contribution in [1.82, 2.24) is 10.2 Å². The number of hydrogen-bond acceptors (Lipinski definition) is 2. The monoisotopic (exact) mass is 340 g/mol. The van der Waals surface area contributed by atoms with Crippen molar-refractivity contribution in [3.05, 3.63) is 0 Å². The number of carbonyl (C=O) groups is 1. The van der Waals surface area contributed by atoms with Crippen LogP contribution in [0, 0.1) is 11.8 Å². The van der Waals surface area contributed by atoms with Crippen molar-refractivity contribution in [2.24, 2.45) is 11.8 Å². The molecule has 7 heteroatoms. The molecular formula is C15H24ClF3N2O. The van der Waals surface area contributed by atoms with Crippen LogP contribution >= 0.6 is 12.4 Å². The molecule has 3 rings (SSSR count). The fourth-order valence-corrected chi connectivity index (χ4v) is 4.19. The van der Waals surface area contributed by atoms with Crippen LogP contribution in [0.1, 0.15) is 44.9 Å². The van der Waals surface area contributed by atoms with E-state index in [1.54, 1.807) is 0 Å². The summed E-state index contributed by atoms with van der Waals surface area (Å²) in [6.07, 6.45) is 1.23. The van der Waals surface area contributed by atoms with Gasteiger partial charge in [-0.05, 0) is 44.4 Å². The second kappa shape index (κ2) is 6.95. The maximum atomic E-state index is 12.8. The molecular weight excluding hydrogens is 317 g/mol. The molecule has 2 bridgehead atoms. The largest absolute Gasteiger partial charge is 0.393 e. The molecule has 3 nitrogen and oxygen atoms in total. The molecule has 128 valence electrons. The minimum absolute atomic E-state index is 0. The maximum Gasteiger partial charge on any atom is 0.393 e. The van der Waals surface area contributed by atoms with Gasteiger partial charge in [-0.1, -0.05) is 0 Å². The number of piperidine rings is 2. The zero-order valence-corrected chi connectivity index (χ0v) is 13.4. The Morgan fingerprint density at radius 1 is 1.14 bits per heavy atom. The number of carbonyl (C=O) groups excluding carboxylic acids is 1. The second-order valence-electron chi connectivity index (χ2n) is 6.90. The fraction of sp³-hybridized carbons (Fsp3) is 0.933. The van der Waals surface area contributed by atoms with Crippen LogP contribution < -0.4 is 5.32 Å². The number of halogens is 4. The SMILES string of the molecule is Cl.O=C(CC1CC2CCC(C1)N2)N1CCCC(C(F)(F)F)C1. The summed E-state index contributed by atoms with van der Waals surface area (Å²) >= 11 is 0. The number of alkyl halides is 3. The quantitative estimate of drug-likeness (QED) is 0.837. The van der Waals surface area contributed by atoms with Gasteiger partial charge in [-0.15, -0.1) is 12.4 Å². The Balaban J connectivity index is 0.00000176. The number of amides is 1. The van der Waals surface area contributed by atoms with Crippen LogP contribution in [0.2, 0.25) is 0 Å². The Morgan fingerprint density at radius 3 is 2.36 bits per heavy atom. The Morgan fingerprint density at radius 2 is 1.77 bits per heavy atom. The maximum absolute atomic E-state index is 12.8. The van der Waals surface area contributed by atoms with Gasteiger partial charge in [0.2, 0.25) is 5.91 Å². The van der Waals surface area contributed by atoms with E-state index in [9.17, 15) is 18.0 Å².